The number of ether oxygens (including phenoxy) is 3. The lowest BCUT2D eigenvalue weighted by atomic mass is 9.79. The van der Waals surface area contributed by atoms with Crippen LogP contribution in [0.1, 0.15) is 55.9 Å². The number of hydrogen-bond acceptors (Lipinski definition) is 5. The molecule has 2 unspecified atom stereocenters. The predicted octanol–water partition coefficient (Wildman–Crippen LogP) is 6.71. The molecule has 1 spiro atoms. The molecule has 1 aromatic heterocycles. The van der Waals surface area contributed by atoms with Crippen molar-refractivity contribution in [1.82, 2.24) is 4.98 Å². The summed E-state index contributed by atoms with van der Waals surface area (Å²) in [5.41, 5.74) is 5.09. The molecule has 1 heterocycles. The van der Waals surface area contributed by atoms with Crippen molar-refractivity contribution in [2.45, 2.75) is 57.5 Å². The van der Waals surface area contributed by atoms with Gasteiger partial charge in [0.2, 0.25) is 5.88 Å². The zero-order chi connectivity index (χ0) is 27.1. The highest BCUT2D eigenvalue weighted by molar-refractivity contribution is 5.80. The minimum atomic E-state index is -0.414. The monoisotopic (exact) mass is 515 g/mol. The van der Waals surface area contributed by atoms with Gasteiger partial charge in [-0.25, -0.2) is 9.37 Å². The number of hydrogen-bond donors (Lipinski definition) is 0. The van der Waals surface area contributed by atoms with Crippen LogP contribution in [0.15, 0.2) is 61.3 Å². The Morgan fingerprint density at radius 1 is 1.21 bits per heavy atom. The molecular formula is C32H34FNO4. The normalized spacial score (nSPS) is 19.7. The van der Waals surface area contributed by atoms with Gasteiger partial charge in [0.05, 0.1) is 25.8 Å². The average molecular weight is 516 g/mol. The lowest BCUT2D eigenvalue weighted by Crippen LogP contribution is -2.16. The Morgan fingerprint density at radius 3 is 2.76 bits per heavy atom. The molecule has 1 saturated carbocycles. The van der Waals surface area contributed by atoms with Crippen molar-refractivity contribution < 1.29 is 23.4 Å². The molecule has 2 aromatic carbocycles. The molecule has 5 rings (SSSR count). The van der Waals surface area contributed by atoms with E-state index in [1.54, 1.807) is 6.07 Å². The van der Waals surface area contributed by atoms with Gasteiger partial charge in [-0.1, -0.05) is 44.2 Å². The van der Waals surface area contributed by atoms with Crippen LogP contribution in [0.5, 0.6) is 11.6 Å². The highest BCUT2D eigenvalue weighted by Crippen LogP contribution is 2.62. The van der Waals surface area contributed by atoms with Crippen molar-refractivity contribution in [3.05, 3.63) is 89.4 Å². The van der Waals surface area contributed by atoms with Gasteiger partial charge in [0.15, 0.2) is 0 Å². The Hall–Kier alpha value is -3.67. The number of rotatable bonds is 9. The van der Waals surface area contributed by atoms with Gasteiger partial charge in [0.25, 0.3) is 0 Å². The molecule has 38 heavy (non-hydrogen) atoms. The second-order valence-electron chi connectivity index (χ2n) is 10.8. The summed E-state index contributed by atoms with van der Waals surface area (Å²) in [6.45, 7) is 10.7. The molecular weight excluding hydrogens is 481 g/mol. The van der Waals surface area contributed by atoms with Crippen LogP contribution in [0, 0.1) is 11.7 Å². The Balaban J connectivity index is 1.40. The lowest BCUT2D eigenvalue weighted by molar-refractivity contribution is -0.145. The van der Waals surface area contributed by atoms with E-state index in [2.05, 4.69) is 43.6 Å². The number of carbonyl (C=O) groups is 1. The van der Waals surface area contributed by atoms with E-state index in [0.29, 0.717) is 24.7 Å². The summed E-state index contributed by atoms with van der Waals surface area (Å²) < 4.78 is 31.6. The molecule has 0 amide bonds. The van der Waals surface area contributed by atoms with Crippen molar-refractivity contribution in [1.29, 1.82) is 0 Å². The van der Waals surface area contributed by atoms with Gasteiger partial charge >= 0.3 is 5.97 Å². The van der Waals surface area contributed by atoms with Crippen LogP contribution in [0.4, 0.5) is 4.39 Å². The summed E-state index contributed by atoms with van der Waals surface area (Å²) in [7, 11) is 1.51. The van der Waals surface area contributed by atoms with Gasteiger partial charge in [0.1, 0.15) is 18.2 Å². The van der Waals surface area contributed by atoms with Crippen molar-refractivity contribution in [2.75, 3.05) is 13.7 Å². The first-order chi connectivity index (χ1) is 18.2. The van der Waals surface area contributed by atoms with Gasteiger partial charge < -0.3 is 14.2 Å². The number of halogens is 1. The summed E-state index contributed by atoms with van der Waals surface area (Å²) in [4.78, 5) is 16.4. The van der Waals surface area contributed by atoms with Crippen LogP contribution >= 0.6 is 0 Å². The van der Waals surface area contributed by atoms with Gasteiger partial charge in [-0.05, 0) is 66.1 Å². The highest BCUT2D eigenvalue weighted by atomic mass is 19.1. The number of methoxy groups -OCH3 is 1. The van der Waals surface area contributed by atoms with Crippen molar-refractivity contribution >= 4 is 5.97 Å². The van der Waals surface area contributed by atoms with E-state index in [4.69, 9.17) is 14.2 Å². The van der Waals surface area contributed by atoms with Gasteiger partial charge in [-0.15, -0.1) is 6.58 Å². The molecule has 1 fully saturated rings. The second kappa shape index (κ2) is 9.90. The van der Waals surface area contributed by atoms with Crippen molar-refractivity contribution in [3.8, 4) is 22.8 Å². The molecule has 6 heteroatoms. The first-order valence-electron chi connectivity index (χ1n) is 13.1. The minimum Gasteiger partial charge on any atom is -0.489 e. The Labute approximate surface area is 223 Å². The molecule has 0 radical (unpaired) electrons. The number of allylic oxidation sites excluding steroid dienone is 1. The Kier molecular flexibility index (Phi) is 6.76. The van der Waals surface area contributed by atoms with E-state index in [1.165, 1.54) is 24.4 Å². The first-order valence-corrected chi connectivity index (χ1v) is 13.1. The number of benzene rings is 2. The quantitative estimate of drug-likeness (QED) is 0.234. The first kappa shape index (κ1) is 26.0. The SMILES string of the molecule is C=CC(C)(C)c1cc(COc2ccc3c(c2)C2(CC3)CC2C(=O)OCC)ccc1-c1cc(OC)ncc1F. The number of pyridine rings is 1. The third kappa shape index (κ3) is 4.57. The van der Waals surface area contributed by atoms with Crippen LogP contribution in [0.2, 0.25) is 0 Å². The standard InChI is InChI=1S/C32H34FNO4/c1-6-31(3,4)26-14-20(8-11-23(26)24-16-29(36-5)34-18-28(24)33)19-38-22-10-9-21-12-13-32(25(21)15-22)17-27(32)30(35)37-7-2/h6,8-11,14-16,18,27H,1,7,12-13,17,19H2,2-5H3. The number of aromatic nitrogens is 1. The summed E-state index contributed by atoms with van der Waals surface area (Å²) in [6, 6.07) is 13.8. The number of aryl methyl sites for hydroxylation is 1. The van der Waals surface area contributed by atoms with Crippen molar-refractivity contribution in [3.63, 3.8) is 0 Å². The van der Waals surface area contributed by atoms with E-state index in [-0.39, 0.29) is 17.3 Å². The van der Waals surface area contributed by atoms with Crippen LogP contribution in [0.3, 0.4) is 0 Å². The van der Waals surface area contributed by atoms with E-state index in [1.807, 2.05) is 31.2 Å². The third-order valence-corrected chi connectivity index (χ3v) is 8.13. The lowest BCUT2D eigenvalue weighted by Gasteiger charge is -2.25. The summed E-state index contributed by atoms with van der Waals surface area (Å²) in [5.74, 6) is 0.573. The van der Waals surface area contributed by atoms with Gasteiger partial charge in [-0.2, -0.15) is 0 Å². The second-order valence-corrected chi connectivity index (χ2v) is 10.8. The zero-order valence-corrected chi connectivity index (χ0v) is 22.5. The van der Waals surface area contributed by atoms with Crippen molar-refractivity contribution in [2.24, 2.45) is 5.92 Å². The largest absolute Gasteiger partial charge is 0.489 e. The fourth-order valence-electron chi connectivity index (χ4n) is 5.71. The maximum atomic E-state index is 14.8. The molecule has 2 aliphatic rings. The molecule has 5 nitrogen and oxygen atoms in total. The fourth-order valence-corrected chi connectivity index (χ4v) is 5.71. The number of carbonyl (C=O) groups excluding carboxylic acids is 1. The molecule has 2 atom stereocenters. The average Bonchev–Trinajstić information content (AvgIpc) is 3.56. The number of nitrogens with zero attached hydrogens (tertiary/aromatic N) is 1. The van der Waals surface area contributed by atoms with Crippen LogP contribution in [-0.4, -0.2) is 24.7 Å². The smallest absolute Gasteiger partial charge is 0.309 e. The molecule has 0 saturated heterocycles. The Morgan fingerprint density at radius 2 is 2.03 bits per heavy atom. The number of esters is 1. The zero-order valence-electron chi connectivity index (χ0n) is 22.5. The van der Waals surface area contributed by atoms with Gasteiger partial charge in [-0.3, -0.25) is 4.79 Å². The summed E-state index contributed by atoms with van der Waals surface area (Å²) >= 11 is 0. The Bertz CT molecular complexity index is 1400. The minimum absolute atomic E-state index is 0.0533. The van der Waals surface area contributed by atoms with Crippen LogP contribution in [0.25, 0.3) is 11.1 Å². The summed E-state index contributed by atoms with van der Waals surface area (Å²) in [6.07, 6.45) is 5.85. The molecule has 2 aliphatic carbocycles. The topological polar surface area (TPSA) is 57.7 Å². The van der Waals surface area contributed by atoms with E-state index < -0.39 is 11.2 Å². The van der Waals surface area contributed by atoms with Crippen LogP contribution < -0.4 is 9.47 Å². The maximum absolute atomic E-state index is 14.8. The fraction of sp³-hybridized carbons (Fsp3) is 0.375. The summed E-state index contributed by atoms with van der Waals surface area (Å²) in [5, 5.41) is 0. The molecule has 198 valence electrons. The molecule has 0 N–H and O–H groups in total. The van der Waals surface area contributed by atoms with Gasteiger partial charge in [0, 0.05) is 22.5 Å². The van der Waals surface area contributed by atoms with E-state index >= 15 is 0 Å². The predicted molar refractivity (Wildman–Crippen MR) is 145 cm³/mol. The third-order valence-electron chi connectivity index (χ3n) is 8.13. The maximum Gasteiger partial charge on any atom is 0.309 e. The van der Waals surface area contributed by atoms with E-state index in [0.717, 1.165) is 41.7 Å². The van der Waals surface area contributed by atoms with E-state index in [9.17, 15) is 9.18 Å². The molecule has 0 aliphatic heterocycles. The molecule has 3 aromatic rings. The molecule has 0 bridgehead atoms. The number of fused-ring (bicyclic) bond motifs is 2. The highest BCUT2D eigenvalue weighted by Gasteiger charge is 2.62. The van der Waals surface area contributed by atoms with Crippen LogP contribution in [-0.2, 0) is 33.4 Å².